The van der Waals surface area contributed by atoms with Crippen molar-refractivity contribution in [2.75, 3.05) is 13.1 Å². The van der Waals surface area contributed by atoms with E-state index in [1.807, 2.05) is 19.9 Å². The number of halogens is 1. The lowest BCUT2D eigenvalue weighted by Crippen LogP contribution is -2.36. The molecule has 0 saturated carbocycles. The molecule has 0 aliphatic heterocycles. The number of hydrogen-bond donors (Lipinski definition) is 2. The van der Waals surface area contributed by atoms with Crippen molar-refractivity contribution in [3.63, 3.8) is 0 Å². The lowest BCUT2D eigenvalue weighted by Gasteiger charge is -2.08. The number of nitrogens with one attached hydrogen (secondary N) is 2. The fourth-order valence-corrected chi connectivity index (χ4v) is 1.70. The van der Waals surface area contributed by atoms with Gasteiger partial charge < -0.3 is 10.6 Å². The molecule has 0 spiro atoms. The Kier molecular flexibility index (Phi) is 5.85. The molecule has 18 heavy (non-hydrogen) atoms. The number of carbonyl (C=O) groups is 2. The van der Waals surface area contributed by atoms with E-state index >= 15 is 0 Å². The zero-order valence-corrected chi connectivity index (χ0v) is 12.1. The summed E-state index contributed by atoms with van der Waals surface area (Å²) in [6.45, 7) is 4.52. The molecule has 5 heteroatoms. The van der Waals surface area contributed by atoms with E-state index in [4.69, 9.17) is 0 Å². The molecule has 2 N–H and O–H groups in total. The molecule has 1 rings (SSSR count). The maximum Gasteiger partial charge on any atom is 0.251 e. The first-order chi connectivity index (χ1) is 8.50. The van der Waals surface area contributed by atoms with Gasteiger partial charge in [0, 0.05) is 29.0 Å². The molecule has 0 aliphatic rings. The molecular formula is C13H17BrN2O2. The third-order valence-corrected chi connectivity index (χ3v) is 2.81. The first-order valence-electron chi connectivity index (χ1n) is 5.82. The van der Waals surface area contributed by atoms with Crippen LogP contribution in [0, 0.1) is 5.92 Å². The predicted octanol–water partition coefficient (Wildman–Crippen LogP) is 1.95. The third kappa shape index (κ3) is 4.87. The molecular weight excluding hydrogens is 296 g/mol. The highest BCUT2D eigenvalue weighted by Gasteiger charge is 2.07. The van der Waals surface area contributed by atoms with Crippen LogP contribution < -0.4 is 10.6 Å². The van der Waals surface area contributed by atoms with Gasteiger partial charge in [-0.05, 0) is 18.2 Å². The van der Waals surface area contributed by atoms with Gasteiger partial charge in [-0.25, -0.2) is 0 Å². The predicted molar refractivity (Wildman–Crippen MR) is 74.3 cm³/mol. The van der Waals surface area contributed by atoms with E-state index < -0.39 is 0 Å². The highest BCUT2D eigenvalue weighted by atomic mass is 79.9. The van der Waals surface area contributed by atoms with Gasteiger partial charge in [0.15, 0.2) is 0 Å². The average molecular weight is 313 g/mol. The third-order valence-electron chi connectivity index (χ3n) is 2.32. The minimum atomic E-state index is -0.143. The molecule has 0 heterocycles. The fourth-order valence-electron chi connectivity index (χ4n) is 1.30. The van der Waals surface area contributed by atoms with Gasteiger partial charge in [-0.2, -0.15) is 0 Å². The van der Waals surface area contributed by atoms with Gasteiger partial charge >= 0.3 is 0 Å². The standard InChI is InChI=1S/C13H17BrN2O2/c1-9(2)12(17)15-6-7-16-13(18)10-4-3-5-11(14)8-10/h3-5,8-9H,6-7H2,1-2H3,(H,15,17)(H,16,18). The van der Waals surface area contributed by atoms with E-state index in [9.17, 15) is 9.59 Å². The Bertz CT molecular complexity index is 433. The quantitative estimate of drug-likeness (QED) is 0.816. The van der Waals surface area contributed by atoms with E-state index in [2.05, 4.69) is 26.6 Å². The monoisotopic (exact) mass is 312 g/mol. The SMILES string of the molecule is CC(C)C(=O)NCCNC(=O)c1cccc(Br)c1. The van der Waals surface area contributed by atoms with E-state index in [0.29, 0.717) is 18.7 Å². The van der Waals surface area contributed by atoms with Crippen molar-refractivity contribution in [2.45, 2.75) is 13.8 Å². The number of amides is 2. The van der Waals surface area contributed by atoms with Crippen molar-refractivity contribution in [2.24, 2.45) is 5.92 Å². The second-order valence-corrected chi connectivity index (χ2v) is 5.13. The normalized spacial score (nSPS) is 10.2. The second-order valence-electron chi connectivity index (χ2n) is 4.21. The first kappa shape index (κ1) is 14.7. The lowest BCUT2D eigenvalue weighted by atomic mass is 10.2. The van der Waals surface area contributed by atoms with Crippen LogP contribution in [0.25, 0.3) is 0 Å². The van der Waals surface area contributed by atoms with Gasteiger partial charge in [0.2, 0.25) is 5.91 Å². The van der Waals surface area contributed by atoms with Crippen molar-refractivity contribution in [1.82, 2.24) is 10.6 Å². The number of benzene rings is 1. The van der Waals surface area contributed by atoms with Crippen LogP contribution in [0.1, 0.15) is 24.2 Å². The van der Waals surface area contributed by atoms with Crippen LogP contribution in [0.2, 0.25) is 0 Å². The molecule has 0 atom stereocenters. The molecule has 0 fully saturated rings. The topological polar surface area (TPSA) is 58.2 Å². The maximum atomic E-state index is 11.7. The minimum Gasteiger partial charge on any atom is -0.354 e. The Balaban J connectivity index is 2.32. The first-order valence-corrected chi connectivity index (χ1v) is 6.61. The minimum absolute atomic E-state index is 0.00768. The highest BCUT2D eigenvalue weighted by molar-refractivity contribution is 9.10. The van der Waals surface area contributed by atoms with Gasteiger partial charge in [0.25, 0.3) is 5.91 Å². The average Bonchev–Trinajstić information content (AvgIpc) is 2.33. The summed E-state index contributed by atoms with van der Waals surface area (Å²) in [6, 6.07) is 7.16. The Labute approximate surface area is 115 Å². The Morgan fingerprint density at radius 3 is 2.50 bits per heavy atom. The van der Waals surface area contributed by atoms with Gasteiger partial charge in [-0.1, -0.05) is 35.8 Å². The van der Waals surface area contributed by atoms with Crippen LogP contribution in [0.3, 0.4) is 0 Å². The Morgan fingerprint density at radius 1 is 1.22 bits per heavy atom. The Hall–Kier alpha value is -1.36. The molecule has 2 amide bonds. The van der Waals surface area contributed by atoms with Crippen molar-refractivity contribution in [1.29, 1.82) is 0 Å². The van der Waals surface area contributed by atoms with Gasteiger partial charge in [-0.3, -0.25) is 9.59 Å². The number of rotatable bonds is 5. The van der Waals surface area contributed by atoms with E-state index in [-0.39, 0.29) is 17.7 Å². The molecule has 0 saturated heterocycles. The van der Waals surface area contributed by atoms with Crippen molar-refractivity contribution < 1.29 is 9.59 Å². The molecule has 4 nitrogen and oxygen atoms in total. The molecule has 0 aliphatic carbocycles. The summed E-state index contributed by atoms with van der Waals surface area (Å²) in [6.07, 6.45) is 0. The molecule has 1 aromatic rings. The van der Waals surface area contributed by atoms with Crippen LogP contribution in [-0.2, 0) is 4.79 Å². The van der Waals surface area contributed by atoms with Crippen molar-refractivity contribution in [3.05, 3.63) is 34.3 Å². The van der Waals surface area contributed by atoms with E-state index in [0.717, 1.165) is 4.47 Å². The molecule has 0 bridgehead atoms. The largest absolute Gasteiger partial charge is 0.354 e. The van der Waals surface area contributed by atoms with E-state index in [1.165, 1.54) is 0 Å². The molecule has 98 valence electrons. The van der Waals surface area contributed by atoms with Crippen LogP contribution in [0.5, 0.6) is 0 Å². The fraction of sp³-hybridized carbons (Fsp3) is 0.385. The lowest BCUT2D eigenvalue weighted by molar-refractivity contribution is -0.123. The zero-order chi connectivity index (χ0) is 13.5. The molecule has 1 aromatic carbocycles. The van der Waals surface area contributed by atoms with Crippen LogP contribution >= 0.6 is 15.9 Å². The summed E-state index contributed by atoms with van der Waals surface area (Å²) in [5, 5.41) is 5.48. The second kappa shape index (κ2) is 7.16. The van der Waals surface area contributed by atoms with E-state index in [1.54, 1.807) is 18.2 Å². The Morgan fingerprint density at radius 2 is 1.89 bits per heavy atom. The molecule has 0 radical (unpaired) electrons. The molecule has 0 aromatic heterocycles. The summed E-state index contributed by atoms with van der Waals surface area (Å²) in [5.41, 5.74) is 0.597. The van der Waals surface area contributed by atoms with Gasteiger partial charge in [-0.15, -0.1) is 0 Å². The maximum absolute atomic E-state index is 11.7. The van der Waals surface area contributed by atoms with Gasteiger partial charge in [0.05, 0.1) is 0 Å². The summed E-state index contributed by atoms with van der Waals surface area (Å²) in [4.78, 5) is 23.0. The van der Waals surface area contributed by atoms with Gasteiger partial charge in [0.1, 0.15) is 0 Å². The molecule has 0 unspecified atom stereocenters. The number of hydrogen-bond acceptors (Lipinski definition) is 2. The van der Waals surface area contributed by atoms with Crippen LogP contribution in [0.4, 0.5) is 0 Å². The van der Waals surface area contributed by atoms with Crippen molar-refractivity contribution >= 4 is 27.7 Å². The summed E-state index contributed by atoms with van der Waals surface area (Å²) in [7, 11) is 0. The summed E-state index contributed by atoms with van der Waals surface area (Å²) < 4.78 is 0.864. The zero-order valence-electron chi connectivity index (χ0n) is 10.5. The van der Waals surface area contributed by atoms with Crippen molar-refractivity contribution in [3.8, 4) is 0 Å². The highest BCUT2D eigenvalue weighted by Crippen LogP contribution is 2.11. The smallest absolute Gasteiger partial charge is 0.251 e. The number of carbonyl (C=O) groups excluding carboxylic acids is 2. The summed E-state index contributed by atoms with van der Waals surface area (Å²) >= 11 is 3.31. The summed E-state index contributed by atoms with van der Waals surface area (Å²) in [5.74, 6) is -0.187. The van der Waals surface area contributed by atoms with Crippen LogP contribution in [0.15, 0.2) is 28.7 Å². The van der Waals surface area contributed by atoms with Crippen LogP contribution in [-0.4, -0.2) is 24.9 Å².